The zero-order valence-electron chi connectivity index (χ0n) is 16.3. The first-order valence-electron chi connectivity index (χ1n) is 9.69. The molecule has 0 spiro atoms. The molecular formula is C21H23ClN4O4. The Morgan fingerprint density at radius 2 is 1.83 bits per heavy atom. The number of carbonyl (C=O) groups is 2. The second-order valence-corrected chi connectivity index (χ2v) is 7.67. The highest BCUT2D eigenvalue weighted by atomic mass is 35.5. The fourth-order valence-electron chi connectivity index (χ4n) is 3.39. The van der Waals surface area contributed by atoms with Crippen LogP contribution in [0, 0.1) is 10.1 Å². The van der Waals surface area contributed by atoms with E-state index in [1.54, 1.807) is 0 Å². The predicted molar refractivity (Wildman–Crippen MR) is 113 cm³/mol. The molecule has 0 atom stereocenters. The maximum absolute atomic E-state index is 12.2. The average Bonchev–Trinajstić information content (AvgIpc) is 2.75. The summed E-state index contributed by atoms with van der Waals surface area (Å²) < 4.78 is 0. The van der Waals surface area contributed by atoms with E-state index in [0.717, 1.165) is 37.5 Å². The van der Waals surface area contributed by atoms with Gasteiger partial charge in [-0.2, -0.15) is 0 Å². The first-order chi connectivity index (χ1) is 14.4. The van der Waals surface area contributed by atoms with E-state index in [1.807, 2.05) is 24.3 Å². The molecule has 1 aliphatic rings. The number of rotatable bonds is 7. The summed E-state index contributed by atoms with van der Waals surface area (Å²) in [7, 11) is 0. The van der Waals surface area contributed by atoms with E-state index < -0.39 is 10.8 Å². The van der Waals surface area contributed by atoms with Crippen LogP contribution < -0.4 is 10.6 Å². The summed E-state index contributed by atoms with van der Waals surface area (Å²) >= 11 is 5.91. The van der Waals surface area contributed by atoms with E-state index in [2.05, 4.69) is 15.5 Å². The lowest BCUT2D eigenvalue weighted by Gasteiger charge is -2.32. The van der Waals surface area contributed by atoms with Gasteiger partial charge < -0.3 is 10.6 Å². The van der Waals surface area contributed by atoms with Gasteiger partial charge in [0.05, 0.1) is 11.5 Å². The van der Waals surface area contributed by atoms with Crippen molar-refractivity contribution >= 4 is 29.1 Å². The van der Waals surface area contributed by atoms with Gasteiger partial charge in [-0.3, -0.25) is 24.6 Å². The Labute approximate surface area is 179 Å². The van der Waals surface area contributed by atoms with Crippen molar-refractivity contribution in [2.24, 2.45) is 0 Å². The molecular weight excluding hydrogens is 408 g/mol. The number of piperidine rings is 1. The molecule has 1 aliphatic heterocycles. The SMILES string of the molecule is O=C(CNC(=O)c1cccc([N+](=O)[O-])c1)NC1CCN(Cc2ccc(Cl)cc2)CC1. The highest BCUT2D eigenvalue weighted by molar-refractivity contribution is 6.30. The van der Waals surface area contributed by atoms with Crippen molar-refractivity contribution in [3.05, 3.63) is 74.8 Å². The second kappa shape index (κ2) is 10.2. The van der Waals surface area contributed by atoms with Crippen molar-refractivity contribution in [1.82, 2.24) is 15.5 Å². The monoisotopic (exact) mass is 430 g/mol. The number of nitro groups is 1. The normalized spacial score (nSPS) is 14.8. The van der Waals surface area contributed by atoms with Gasteiger partial charge in [0.2, 0.25) is 5.91 Å². The van der Waals surface area contributed by atoms with E-state index in [-0.39, 0.29) is 29.7 Å². The molecule has 9 heteroatoms. The molecule has 1 saturated heterocycles. The van der Waals surface area contributed by atoms with Crippen molar-refractivity contribution in [2.45, 2.75) is 25.4 Å². The number of carbonyl (C=O) groups excluding carboxylic acids is 2. The van der Waals surface area contributed by atoms with E-state index in [1.165, 1.54) is 29.8 Å². The highest BCUT2D eigenvalue weighted by Gasteiger charge is 2.21. The number of nitrogens with one attached hydrogen (secondary N) is 2. The molecule has 0 aliphatic carbocycles. The number of non-ortho nitro benzene ring substituents is 1. The lowest BCUT2D eigenvalue weighted by molar-refractivity contribution is -0.384. The standard InChI is InChI=1S/C21H23ClN4O4/c22-17-6-4-15(5-7-17)14-25-10-8-18(9-11-25)24-20(27)13-23-21(28)16-2-1-3-19(12-16)26(29)30/h1-7,12,18H,8-11,13-14H2,(H,23,28)(H,24,27). The quantitative estimate of drug-likeness (QED) is 0.519. The van der Waals surface area contributed by atoms with Crippen molar-refractivity contribution < 1.29 is 14.5 Å². The van der Waals surface area contributed by atoms with Crippen LogP contribution in [0.2, 0.25) is 5.02 Å². The number of benzene rings is 2. The molecule has 0 radical (unpaired) electrons. The number of likely N-dealkylation sites (tertiary alicyclic amines) is 1. The van der Waals surface area contributed by atoms with Gasteiger partial charge in [-0.25, -0.2) is 0 Å². The molecule has 3 rings (SSSR count). The molecule has 2 aromatic rings. The van der Waals surface area contributed by atoms with Crippen LogP contribution in [0.1, 0.15) is 28.8 Å². The third-order valence-electron chi connectivity index (χ3n) is 5.00. The average molecular weight is 431 g/mol. The fourth-order valence-corrected chi connectivity index (χ4v) is 3.51. The lowest BCUT2D eigenvalue weighted by Crippen LogP contribution is -2.47. The highest BCUT2D eigenvalue weighted by Crippen LogP contribution is 2.16. The zero-order valence-corrected chi connectivity index (χ0v) is 17.1. The summed E-state index contributed by atoms with van der Waals surface area (Å²) in [6, 6.07) is 13.3. The van der Waals surface area contributed by atoms with Gasteiger partial charge in [0.1, 0.15) is 0 Å². The van der Waals surface area contributed by atoms with Crippen LogP contribution in [-0.4, -0.2) is 47.3 Å². The summed E-state index contributed by atoms with van der Waals surface area (Å²) in [6.07, 6.45) is 1.66. The number of amides is 2. The fraction of sp³-hybridized carbons (Fsp3) is 0.333. The predicted octanol–water partition coefficient (Wildman–Crippen LogP) is 2.76. The molecule has 2 aromatic carbocycles. The van der Waals surface area contributed by atoms with Gasteiger partial charge in [-0.1, -0.05) is 29.8 Å². The Morgan fingerprint density at radius 1 is 1.13 bits per heavy atom. The Hall–Kier alpha value is -2.97. The minimum Gasteiger partial charge on any atom is -0.352 e. The number of nitro benzene ring substituents is 1. The maximum Gasteiger partial charge on any atom is 0.270 e. The molecule has 0 bridgehead atoms. The van der Waals surface area contributed by atoms with E-state index in [4.69, 9.17) is 11.6 Å². The molecule has 0 unspecified atom stereocenters. The second-order valence-electron chi connectivity index (χ2n) is 7.23. The molecule has 2 amide bonds. The number of halogens is 1. The summed E-state index contributed by atoms with van der Waals surface area (Å²) in [5, 5.41) is 17.0. The van der Waals surface area contributed by atoms with E-state index >= 15 is 0 Å². The van der Waals surface area contributed by atoms with Crippen molar-refractivity contribution in [2.75, 3.05) is 19.6 Å². The van der Waals surface area contributed by atoms with Crippen molar-refractivity contribution in [3.63, 3.8) is 0 Å². The van der Waals surface area contributed by atoms with Crippen molar-refractivity contribution in [1.29, 1.82) is 0 Å². The lowest BCUT2D eigenvalue weighted by atomic mass is 10.0. The van der Waals surface area contributed by atoms with Gasteiger partial charge in [0.25, 0.3) is 11.6 Å². The molecule has 1 fully saturated rings. The Kier molecular flexibility index (Phi) is 7.37. The summed E-state index contributed by atoms with van der Waals surface area (Å²) in [5.74, 6) is -0.795. The van der Waals surface area contributed by atoms with Gasteiger partial charge in [-0.05, 0) is 36.6 Å². The van der Waals surface area contributed by atoms with Gasteiger partial charge in [0.15, 0.2) is 0 Å². The molecule has 8 nitrogen and oxygen atoms in total. The van der Waals surface area contributed by atoms with Crippen LogP contribution in [0.4, 0.5) is 5.69 Å². The summed E-state index contributed by atoms with van der Waals surface area (Å²) in [4.78, 5) is 36.9. The third kappa shape index (κ3) is 6.27. The first kappa shape index (κ1) is 21.7. The molecule has 2 N–H and O–H groups in total. The molecule has 1 heterocycles. The maximum atomic E-state index is 12.2. The van der Waals surface area contributed by atoms with Crippen LogP contribution in [0.5, 0.6) is 0 Å². The van der Waals surface area contributed by atoms with Crippen LogP contribution >= 0.6 is 11.6 Å². The van der Waals surface area contributed by atoms with Crippen LogP contribution in [-0.2, 0) is 11.3 Å². The van der Waals surface area contributed by atoms with Gasteiger partial charge in [-0.15, -0.1) is 0 Å². The molecule has 0 saturated carbocycles. The van der Waals surface area contributed by atoms with Gasteiger partial charge >= 0.3 is 0 Å². The molecule has 30 heavy (non-hydrogen) atoms. The molecule has 0 aromatic heterocycles. The van der Waals surface area contributed by atoms with Crippen LogP contribution in [0.25, 0.3) is 0 Å². The topological polar surface area (TPSA) is 105 Å². The van der Waals surface area contributed by atoms with Crippen LogP contribution in [0.15, 0.2) is 48.5 Å². The van der Waals surface area contributed by atoms with Gasteiger partial charge in [0, 0.05) is 48.4 Å². The number of nitrogens with zero attached hydrogens (tertiary/aromatic N) is 2. The van der Waals surface area contributed by atoms with E-state index in [9.17, 15) is 19.7 Å². The zero-order chi connectivity index (χ0) is 21.5. The third-order valence-corrected chi connectivity index (χ3v) is 5.25. The smallest absolute Gasteiger partial charge is 0.270 e. The Morgan fingerprint density at radius 3 is 2.50 bits per heavy atom. The minimum absolute atomic E-state index is 0.0636. The Bertz CT molecular complexity index is 911. The molecule has 158 valence electrons. The largest absolute Gasteiger partial charge is 0.352 e. The summed E-state index contributed by atoms with van der Waals surface area (Å²) in [6.45, 7) is 2.41. The van der Waals surface area contributed by atoms with Crippen molar-refractivity contribution in [3.8, 4) is 0 Å². The number of hydrogen-bond acceptors (Lipinski definition) is 5. The first-order valence-corrected chi connectivity index (χ1v) is 10.1. The Balaban J connectivity index is 1.39. The minimum atomic E-state index is -0.567. The van der Waals surface area contributed by atoms with Crippen LogP contribution in [0.3, 0.4) is 0 Å². The van der Waals surface area contributed by atoms with E-state index in [0.29, 0.717) is 0 Å². The number of hydrogen-bond donors (Lipinski definition) is 2. The summed E-state index contributed by atoms with van der Waals surface area (Å²) in [5.41, 5.74) is 1.18.